The normalized spacial score (nSPS) is 11.7. The molecule has 21 heavy (non-hydrogen) atoms. The molecule has 0 saturated heterocycles. The third-order valence-corrected chi connectivity index (χ3v) is 3.34. The Hall–Kier alpha value is -2.56. The van der Waals surface area contributed by atoms with Gasteiger partial charge in [0.1, 0.15) is 5.75 Å². The lowest BCUT2D eigenvalue weighted by Gasteiger charge is -2.20. The quantitative estimate of drug-likeness (QED) is 0.639. The van der Waals surface area contributed by atoms with Crippen molar-refractivity contribution in [1.29, 1.82) is 0 Å². The van der Waals surface area contributed by atoms with Crippen LogP contribution in [0.25, 0.3) is 0 Å². The Labute approximate surface area is 123 Å². The maximum Gasteiger partial charge on any atom is 0.273 e. The Kier molecular flexibility index (Phi) is 4.77. The van der Waals surface area contributed by atoms with Crippen LogP contribution in [0.2, 0.25) is 0 Å². The van der Waals surface area contributed by atoms with Crippen molar-refractivity contribution in [1.82, 2.24) is 0 Å². The Balaban J connectivity index is 2.27. The topological polar surface area (TPSA) is 64.4 Å². The molecule has 0 fully saturated rings. The highest BCUT2D eigenvalue weighted by molar-refractivity contribution is 5.61. The zero-order chi connectivity index (χ0) is 15.2. The first-order chi connectivity index (χ1) is 10.2. The van der Waals surface area contributed by atoms with Crippen molar-refractivity contribution < 1.29 is 9.66 Å². The standard InChI is InChI=1S/C16H18N2O3/c1-3-14(12-7-5-4-6-8-12)17-15-10-9-13(18(19)20)11-16(15)21-2/h4-11,14,17H,3H2,1-2H3. The molecule has 2 rings (SSSR count). The molecular weight excluding hydrogens is 268 g/mol. The van der Waals surface area contributed by atoms with Crippen molar-refractivity contribution in [3.05, 3.63) is 64.2 Å². The van der Waals surface area contributed by atoms with Crippen LogP contribution in [-0.2, 0) is 0 Å². The van der Waals surface area contributed by atoms with Gasteiger partial charge in [-0.2, -0.15) is 0 Å². The van der Waals surface area contributed by atoms with Gasteiger partial charge in [-0.15, -0.1) is 0 Å². The summed E-state index contributed by atoms with van der Waals surface area (Å²) in [5.74, 6) is 0.471. The summed E-state index contributed by atoms with van der Waals surface area (Å²) in [5, 5.41) is 14.2. The molecule has 0 bridgehead atoms. The van der Waals surface area contributed by atoms with E-state index in [4.69, 9.17) is 4.74 Å². The number of benzene rings is 2. The first-order valence-corrected chi connectivity index (χ1v) is 6.79. The van der Waals surface area contributed by atoms with Gasteiger partial charge in [-0.25, -0.2) is 0 Å². The molecule has 1 N–H and O–H groups in total. The number of non-ortho nitro benzene ring substituents is 1. The fourth-order valence-electron chi connectivity index (χ4n) is 2.21. The number of nitrogens with zero attached hydrogens (tertiary/aromatic N) is 1. The highest BCUT2D eigenvalue weighted by Gasteiger charge is 2.15. The molecular formula is C16H18N2O3. The smallest absolute Gasteiger partial charge is 0.273 e. The van der Waals surface area contributed by atoms with E-state index in [0.29, 0.717) is 5.75 Å². The summed E-state index contributed by atoms with van der Waals surface area (Å²) >= 11 is 0. The predicted octanol–water partition coefficient (Wildman–Crippen LogP) is 4.17. The highest BCUT2D eigenvalue weighted by Crippen LogP contribution is 2.32. The molecule has 5 heteroatoms. The van der Waals surface area contributed by atoms with Gasteiger partial charge in [-0.1, -0.05) is 37.3 Å². The van der Waals surface area contributed by atoms with Crippen molar-refractivity contribution in [2.45, 2.75) is 19.4 Å². The number of anilines is 1. The highest BCUT2D eigenvalue weighted by atomic mass is 16.6. The second-order valence-electron chi connectivity index (χ2n) is 4.66. The van der Waals surface area contributed by atoms with Crippen LogP contribution in [0.4, 0.5) is 11.4 Å². The molecule has 0 aliphatic rings. The number of ether oxygens (including phenoxy) is 1. The van der Waals surface area contributed by atoms with Crippen molar-refractivity contribution >= 4 is 11.4 Å². The van der Waals surface area contributed by atoms with E-state index in [1.54, 1.807) is 6.07 Å². The van der Waals surface area contributed by atoms with Crippen molar-refractivity contribution in [2.24, 2.45) is 0 Å². The van der Waals surface area contributed by atoms with Crippen molar-refractivity contribution in [3.63, 3.8) is 0 Å². The fraction of sp³-hybridized carbons (Fsp3) is 0.250. The summed E-state index contributed by atoms with van der Waals surface area (Å²) in [6, 6.07) is 14.8. The fourth-order valence-corrected chi connectivity index (χ4v) is 2.21. The maximum absolute atomic E-state index is 10.8. The molecule has 0 saturated carbocycles. The zero-order valence-corrected chi connectivity index (χ0v) is 12.1. The number of methoxy groups -OCH3 is 1. The van der Waals surface area contributed by atoms with E-state index in [0.717, 1.165) is 12.1 Å². The van der Waals surface area contributed by atoms with Crippen molar-refractivity contribution in [3.8, 4) is 5.75 Å². The van der Waals surface area contributed by atoms with E-state index >= 15 is 0 Å². The summed E-state index contributed by atoms with van der Waals surface area (Å²) in [6.45, 7) is 2.09. The van der Waals surface area contributed by atoms with Gasteiger partial charge in [0.2, 0.25) is 0 Å². The second kappa shape index (κ2) is 6.74. The van der Waals surface area contributed by atoms with Crippen LogP contribution >= 0.6 is 0 Å². The number of hydrogen-bond acceptors (Lipinski definition) is 4. The van der Waals surface area contributed by atoms with E-state index < -0.39 is 4.92 Å². The second-order valence-corrected chi connectivity index (χ2v) is 4.66. The number of hydrogen-bond donors (Lipinski definition) is 1. The maximum atomic E-state index is 10.8. The molecule has 1 unspecified atom stereocenters. The molecule has 1 atom stereocenters. The Morgan fingerprint density at radius 3 is 2.52 bits per heavy atom. The Morgan fingerprint density at radius 2 is 1.95 bits per heavy atom. The van der Waals surface area contributed by atoms with Crippen LogP contribution < -0.4 is 10.1 Å². The molecule has 0 heterocycles. The van der Waals surface area contributed by atoms with E-state index in [9.17, 15) is 10.1 Å². The van der Waals surface area contributed by atoms with E-state index in [-0.39, 0.29) is 11.7 Å². The largest absolute Gasteiger partial charge is 0.494 e. The average Bonchev–Trinajstić information content (AvgIpc) is 2.53. The minimum atomic E-state index is -0.430. The molecule has 0 amide bonds. The Morgan fingerprint density at radius 1 is 1.24 bits per heavy atom. The lowest BCUT2D eigenvalue weighted by atomic mass is 10.0. The van der Waals surface area contributed by atoms with Gasteiger partial charge in [0.25, 0.3) is 5.69 Å². The van der Waals surface area contributed by atoms with Gasteiger partial charge in [0, 0.05) is 6.07 Å². The SMILES string of the molecule is CCC(Nc1ccc([N+](=O)[O-])cc1OC)c1ccccc1. The Bertz CT molecular complexity index is 614. The van der Waals surface area contributed by atoms with Crippen LogP contribution in [0.5, 0.6) is 5.75 Å². The summed E-state index contributed by atoms with van der Waals surface area (Å²) in [5.41, 5.74) is 1.93. The lowest BCUT2D eigenvalue weighted by Crippen LogP contribution is -2.10. The molecule has 2 aromatic rings. The van der Waals surface area contributed by atoms with Gasteiger partial charge in [-0.3, -0.25) is 10.1 Å². The first-order valence-electron chi connectivity index (χ1n) is 6.79. The van der Waals surface area contributed by atoms with Gasteiger partial charge in [-0.05, 0) is 18.1 Å². The van der Waals surface area contributed by atoms with Crippen molar-refractivity contribution in [2.75, 3.05) is 12.4 Å². The number of rotatable bonds is 6. The zero-order valence-electron chi connectivity index (χ0n) is 12.1. The van der Waals surface area contributed by atoms with E-state index in [1.165, 1.54) is 24.8 Å². The predicted molar refractivity (Wildman–Crippen MR) is 82.7 cm³/mol. The molecule has 2 aromatic carbocycles. The summed E-state index contributed by atoms with van der Waals surface area (Å²) < 4.78 is 5.25. The van der Waals surface area contributed by atoms with Crippen LogP contribution in [0, 0.1) is 10.1 Å². The summed E-state index contributed by atoms with van der Waals surface area (Å²) in [4.78, 5) is 10.4. The van der Waals surface area contributed by atoms with E-state index in [2.05, 4.69) is 24.4 Å². The third kappa shape index (κ3) is 3.51. The summed E-state index contributed by atoms with van der Waals surface area (Å²) in [6.07, 6.45) is 0.893. The average molecular weight is 286 g/mol. The molecule has 0 aliphatic heterocycles. The van der Waals surface area contributed by atoms with Gasteiger partial charge >= 0.3 is 0 Å². The molecule has 0 aromatic heterocycles. The first kappa shape index (κ1) is 14.8. The molecule has 5 nitrogen and oxygen atoms in total. The number of nitro groups is 1. The molecule has 0 aliphatic carbocycles. The minimum absolute atomic E-state index is 0.0187. The van der Waals surface area contributed by atoms with Crippen LogP contribution in [-0.4, -0.2) is 12.0 Å². The molecule has 0 radical (unpaired) electrons. The van der Waals surface area contributed by atoms with E-state index in [1.807, 2.05) is 18.2 Å². The lowest BCUT2D eigenvalue weighted by molar-refractivity contribution is -0.384. The van der Waals surface area contributed by atoms with Crippen LogP contribution in [0.3, 0.4) is 0 Å². The number of nitro benzene ring substituents is 1. The minimum Gasteiger partial charge on any atom is -0.494 e. The third-order valence-electron chi connectivity index (χ3n) is 3.34. The van der Waals surface area contributed by atoms with Gasteiger partial charge < -0.3 is 10.1 Å². The van der Waals surface area contributed by atoms with Gasteiger partial charge in [0.05, 0.1) is 29.8 Å². The number of nitrogens with one attached hydrogen (secondary N) is 1. The van der Waals surface area contributed by atoms with Crippen LogP contribution in [0.1, 0.15) is 24.9 Å². The molecule has 110 valence electrons. The van der Waals surface area contributed by atoms with Crippen LogP contribution in [0.15, 0.2) is 48.5 Å². The van der Waals surface area contributed by atoms with Gasteiger partial charge in [0.15, 0.2) is 0 Å². The summed E-state index contributed by atoms with van der Waals surface area (Å²) in [7, 11) is 1.51. The monoisotopic (exact) mass is 286 g/mol. The molecule has 0 spiro atoms.